The summed E-state index contributed by atoms with van der Waals surface area (Å²) in [6.07, 6.45) is 0.0288. The van der Waals surface area contributed by atoms with Crippen LogP contribution in [0.1, 0.15) is 83.3 Å². The summed E-state index contributed by atoms with van der Waals surface area (Å²) in [5.41, 5.74) is 1.58. The number of aryl methyl sites for hydroxylation is 1. The van der Waals surface area contributed by atoms with E-state index < -0.39 is 122 Å². The molecule has 4 atom stereocenters. The highest BCUT2D eigenvalue weighted by molar-refractivity contribution is 6.01. The van der Waals surface area contributed by atoms with E-state index in [0.717, 1.165) is 0 Å². The highest BCUT2D eigenvalue weighted by Gasteiger charge is 2.29. The van der Waals surface area contributed by atoms with Gasteiger partial charge >= 0.3 is 53.9 Å². The van der Waals surface area contributed by atoms with E-state index in [1.165, 1.54) is 63.1 Å². The molecule has 0 spiro atoms. The fraction of sp³-hybridized carbons (Fsp3) is 0.444. The van der Waals surface area contributed by atoms with Gasteiger partial charge in [-0.25, -0.2) is 38.2 Å². The van der Waals surface area contributed by atoms with E-state index in [0.29, 0.717) is 16.9 Å². The number of unbranched alkanes of at least 4 members (excludes halogenated alkanes) is 1. The maximum absolute atomic E-state index is 14.0. The second-order valence-corrected chi connectivity index (χ2v) is 16.7. The lowest BCUT2D eigenvalue weighted by Crippen LogP contribution is -2.51. The fourth-order valence-corrected chi connectivity index (χ4v) is 7.24. The topological polar surface area (TPSA) is 419 Å². The Hall–Kier alpha value is -8.92. The number of nitrogens with one attached hydrogen (secondary N) is 6. The van der Waals surface area contributed by atoms with Gasteiger partial charge in [0.25, 0.3) is 11.8 Å². The number of halogens is 1. The van der Waals surface area contributed by atoms with Gasteiger partial charge in [0.15, 0.2) is 0 Å². The molecule has 0 aliphatic carbocycles. The third-order valence-electron chi connectivity index (χ3n) is 11.2. The van der Waals surface area contributed by atoms with Crippen molar-refractivity contribution in [2.45, 2.75) is 88.4 Å². The molecule has 12 N–H and O–H groups in total. The van der Waals surface area contributed by atoms with Crippen LogP contribution in [0.2, 0.25) is 0 Å². The monoisotopic (exact) mass is 1040 g/mol. The van der Waals surface area contributed by atoms with Gasteiger partial charge in [-0.05, 0) is 80.8 Å². The van der Waals surface area contributed by atoms with Crippen molar-refractivity contribution in [1.82, 2.24) is 51.4 Å². The average Bonchev–Trinajstić information content (AvgIpc) is 3.84. The number of carbonyl (C=O) groups excluding carboxylic acids is 5. The summed E-state index contributed by atoms with van der Waals surface area (Å²) in [6, 6.07) is 1.37. The van der Waals surface area contributed by atoms with Crippen molar-refractivity contribution in [2.24, 2.45) is 0 Å². The Morgan fingerprint density at radius 2 is 1.12 bits per heavy atom. The molecule has 2 heterocycles. The molecule has 8 amide bonds. The molecule has 1 saturated heterocycles. The van der Waals surface area contributed by atoms with Gasteiger partial charge in [-0.3, -0.25) is 23.6 Å². The molecule has 1 fully saturated rings. The zero-order chi connectivity index (χ0) is 54.5. The standard InChI is InChI=1S/C45H56FN11O17/c46-14-3-4-29-24-57(54-53-29)30-22-26(37(62)47-15-2-1-5-31(39(64)65)49-43(72)50-32(40(66)67)10-12-35(58)59)21-27(23-30)38(63)55-16-18-56(19-17-55)45(74)48-28-8-6-25(7-9-28)20-34(42(70)71)52-44(73)51-33(41(68)69)11-13-36(60)61/h6-9,21-24,31-34H,1-5,10-20H2,(H,47,62)(H,48,74)(H,58,59)(H,60,61)(H,64,65)(H,66,67)(H,68,69)(H,70,71)(H2,49,50,72)(H2,51,52,73)/t31?,32-,33-,34-/m0/s1. The van der Waals surface area contributed by atoms with Gasteiger partial charge in [0, 0.05) is 68.8 Å². The molecule has 0 radical (unpaired) electrons. The Bertz CT molecular complexity index is 2540. The molecule has 2 aromatic carbocycles. The lowest BCUT2D eigenvalue weighted by Gasteiger charge is -2.34. The number of hydrogen-bond acceptors (Lipinski definition) is 13. The molecule has 28 nitrogen and oxygen atoms in total. The number of anilines is 1. The number of rotatable bonds is 28. The molecule has 4 rings (SSSR count). The van der Waals surface area contributed by atoms with E-state index in [1.807, 2.05) is 5.32 Å². The van der Waals surface area contributed by atoms with Crippen LogP contribution in [-0.4, -0.2) is 185 Å². The lowest BCUT2D eigenvalue weighted by molar-refractivity contribution is -0.142. The van der Waals surface area contributed by atoms with Crippen LogP contribution in [0.4, 0.5) is 24.5 Å². The summed E-state index contributed by atoms with van der Waals surface area (Å²) in [7, 11) is 0. The number of alkyl halides is 1. The fourth-order valence-electron chi connectivity index (χ4n) is 7.24. The molecule has 3 aromatic rings. The minimum absolute atomic E-state index is 0.0204. The van der Waals surface area contributed by atoms with Crippen LogP contribution in [0, 0.1) is 0 Å². The third-order valence-corrected chi connectivity index (χ3v) is 11.2. The first-order valence-electron chi connectivity index (χ1n) is 23.0. The van der Waals surface area contributed by atoms with E-state index in [2.05, 4.69) is 36.9 Å². The van der Waals surface area contributed by atoms with Crippen LogP contribution < -0.4 is 31.9 Å². The number of hydrogen-bond donors (Lipinski definition) is 12. The van der Waals surface area contributed by atoms with Crippen molar-refractivity contribution in [1.29, 1.82) is 0 Å². The highest BCUT2D eigenvalue weighted by atomic mass is 19.1. The lowest BCUT2D eigenvalue weighted by atomic mass is 10.1. The number of carboxylic acids is 6. The third kappa shape index (κ3) is 18.7. The maximum Gasteiger partial charge on any atom is 0.326 e. The Kier molecular flexibility index (Phi) is 22.0. The van der Waals surface area contributed by atoms with Gasteiger partial charge in [0.2, 0.25) is 0 Å². The summed E-state index contributed by atoms with van der Waals surface area (Å²) in [6.45, 7) is -0.221. The van der Waals surface area contributed by atoms with Crippen LogP contribution in [0.5, 0.6) is 0 Å². The van der Waals surface area contributed by atoms with E-state index in [4.69, 9.17) is 10.2 Å². The largest absolute Gasteiger partial charge is 0.481 e. The van der Waals surface area contributed by atoms with Crippen molar-refractivity contribution in [3.05, 3.63) is 71.0 Å². The molecule has 1 aromatic heterocycles. The van der Waals surface area contributed by atoms with Crippen LogP contribution in [0.25, 0.3) is 5.69 Å². The number of benzene rings is 2. The van der Waals surface area contributed by atoms with Gasteiger partial charge in [0.05, 0.1) is 24.3 Å². The van der Waals surface area contributed by atoms with Gasteiger partial charge in [-0.15, -0.1) is 5.10 Å². The van der Waals surface area contributed by atoms with Crippen molar-refractivity contribution >= 4 is 71.4 Å². The molecular formula is C45H56FN11O17. The average molecular weight is 1040 g/mol. The number of carboxylic acid groups (broad SMARTS) is 6. The number of urea groups is 3. The normalized spacial score (nSPS) is 13.7. The van der Waals surface area contributed by atoms with Crippen molar-refractivity contribution in [3.63, 3.8) is 0 Å². The molecule has 0 saturated carbocycles. The Morgan fingerprint density at radius 1 is 0.608 bits per heavy atom. The Labute approximate surface area is 419 Å². The van der Waals surface area contributed by atoms with Gasteiger partial charge in [0.1, 0.15) is 24.2 Å². The van der Waals surface area contributed by atoms with E-state index in [-0.39, 0.29) is 88.1 Å². The minimum atomic E-state index is -1.58. The number of amides is 8. The van der Waals surface area contributed by atoms with Crippen molar-refractivity contribution in [3.8, 4) is 5.69 Å². The first kappa shape index (κ1) is 57.7. The number of piperazine rings is 1. The molecule has 1 unspecified atom stereocenters. The quantitative estimate of drug-likeness (QED) is 0.0446. The summed E-state index contributed by atoms with van der Waals surface area (Å²) in [5, 5.41) is 77.5. The summed E-state index contributed by atoms with van der Waals surface area (Å²) in [4.78, 5) is 137. The molecule has 1 aliphatic rings. The number of aliphatic carboxylic acids is 6. The van der Waals surface area contributed by atoms with E-state index >= 15 is 0 Å². The molecule has 1 aliphatic heterocycles. The second-order valence-electron chi connectivity index (χ2n) is 16.7. The number of nitrogens with zero attached hydrogens (tertiary/aromatic N) is 5. The first-order chi connectivity index (χ1) is 35.1. The first-order valence-corrected chi connectivity index (χ1v) is 23.0. The van der Waals surface area contributed by atoms with Crippen LogP contribution in [-0.2, 0) is 41.6 Å². The summed E-state index contributed by atoms with van der Waals surface area (Å²) < 4.78 is 14.2. The summed E-state index contributed by atoms with van der Waals surface area (Å²) >= 11 is 0. The highest BCUT2D eigenvalue weighted by Crippen LogP contribution is 2.19. The zero-order valence-corrected chi connectivity index (χ0v) is 39.5. The van der Waals surface area contributed by atoms with E-state index in [1.54, 1.807) is 0 Å². The van der Waals surface area contributed by atoms with Crippen molar-refractivity contribution < 1.29 is 87.8 Å². The van der Waals surface area contributed by atoms with Crippen LogP contribution >= 0.6 is 0 Å². The maximum atomic E-state index is 14.0. The van der Waals surface area contributed by atoms with Crippen LogP contribution in [0.15, 0.2) is 48.7 Å². The van der Waals surface area contributed by atoms with Crippen LogP contribution in [0.3, 0.4) is 0 Å². The van der Waals surface area contributed by atoms with Gasteiger partial charge in [-0.1, -0.05) is 17.3 Å². The SMILES string of the molecule is O=C(O)CC[C@H](NC(=O)NC(CCCCNC(=O)c1cc(C(=O)N2CCN(C(=O)Nc3ccc(C[C@H](NC(=O)N[C@@H](CCC(=O)O)C(=O)O)C(=O)O)cc3)CC2)cc(-n2cc(CCCF)nn2)c1)C(=O)O)C(=O)O. The van der Waals surface area contributed by atoms with Gasteiger partial charge < -0.3 is 72.3 Å². The molecule has 0 bridgehead atoms. The summed E-state index contributed by atoms with van der Waals surface area (Å²) in [5.74, 6) is -9.56. The molecule has 400 valence electrons. The van der Waals surface area contributed by atoms with Gasteiger partial charge in [-0.2, -0.15) is 0 Å². The molecule has 29 heteroatoms. The second kappa shape index (κ2) is 28.2. The Balaban J connectivity index is 1.34. The molecular weight excluding hydrogens is 986 g/mol. The Morgan fingerprint density at radius 3 is 1.65 bits per heavy atom. The predicted octanol–water partition coefficient (Wildman–Crippen LogP) is 0.743. The number of carbonyl (C=O) groups is 11. The number of aromatic nitrogens is 3. The van der Waals surface area contributed by atoms with E-state index in [9.17, 15) is 77.6 Å². The van der Waals surface area contributed by atoms with Crippen molar-refractivity contribution in [2.75, 3.05) is 44.7 Å². The molecule has 74 heavy (non-hydrogen) atoms. The minimum Gasteiger partial charge on any atom is -0.481 e. The predicted molar refractivity (Wildman–Crippen MR) is 251 cm³/mol. The smallest absolute Gasteiger partial charge is 0.326 e. The zero-order valence-electron chi connectivity index (χ0n) is 39.5.